The zero-order valence-corrected chi connectivity index (χ0v) is 13.7. The molecular weight excluding hydrogens is 375 g/mol. The molecular formula is C15H9BrCl2N2O. The summed E-state index contributed by atoms with van der Waals surface area (Å²) >= 11 is 15.7. The highest BCUT2D eigenvalue weighted by atomic mass is 79.9. The smallest absolute Gasteiger partial charge is 0.177 e. The van der Waals surface area contributed by atoms with E-state index in [1.54, 1.807) is 18.2 Å². The number of hydrogen-bond acceptors (Lipinski definition) is 3. The predicted octanol–water partition coefficient (Wildman–Crippen LogP) is 5.66. The summed E-state index contributed by atoms with van der Waals surface area (Å²) in [6, 6.07) is 12.9. The summed E-state index contributed by atoms with van der Waals surface area (Å²) in [4.78, 5) is 0. The molecule has 0 saturated carbocycles. The van der Waals surface area contributed by atoms with Gasteiger partial charge in [0.15, 0.2) is 11.6 Å². The lowest BCUT2D eigenvalue weighted by Gasteiger charge is -2.06. The minimum absolute atomic E-state index is 0.286. The Morgan fingerprint density at radius 1 is 1.10 bits per heavy atom. The first-order valence-electron chi connectivity index (χ1n) is 6.03. The van der Waals surface area contributed by atoms with Gasteiger partial charge in [0.1, 0.15) is 0 Å². The molecule has 3 aromatic rings. The van der Waals surface area contributed by atoms with Crippen LogP contribution in [0.15, 0.2) is 51.5 Å². The minimum Gasteiger partial charge on any atom is -0.380 e. The van der Waals surface area contributed by atoms with Crippen molar-refractivity contribution in [3.63, 3.8) is 0 Å². The molecule has 0 aliphatic heterocycles. The maximum absolute atomic E-state index is 6.25. The van der Waals surface area contributed by atoms with Crippen LogP contribution in [0.25, 0.3) is 22.5 Å². The van der Waals surface area contributed by atoms with Gasteiger partial charge in [0.2, 0.25) is 0 Å². The lowest BCUT2D eigenvalue weighted by molar-refractivity contribution is 0.436. The lowest BCUT2D eigenvalue weighted by Crippen LogP contribution is -1.89. The molecule has 0 aliphatic rings. The van der Waals surface area contributed by atoms with Gasteiger partial charge in [-0.25, -0.2) is 0 Å². The Morgan fingerprint density at radius 2 is 1.86 bits per heavy atom. The summed E-state index contributed by atoms with van der Waals surface area (Å²) < 4.78 is 6.23. The van der Waals surface area contributed by atoms with E-state index < -0.39 is 0 Å². The molecule has 0 saturated heterocycles. The van der Waals surface area contributed by atoms with Crippen LogP contribution in [0.2, 0.25) is 10.0 Å². The van der Waals surface area contributed by atoms with E-state index in [-0.39, 0.29) is 5.82 Å². The quantitative estimate of drug-likeness (QED) is 0.621. The molecule has 0 unspecified atom stereocenters. The first kappa shape index (κ1) is 14.4. The van der Waals surface area contributed by atoms with Crippen LogP contribution < -0.4 is 5.73 Å². The van der Waals surface area contributed by atoms with Gasteiger partial charge in [0.05, 0.1) is 5.56 Å². The van der Waals surface area contributed by atoms with Crippen molar-refractivity contribution in [3.8, 4) is 22.5 Å². The van der Waals surface area contributed by atoms with E-state index in [1.807, 2.05) is 24.3 Å². The molecule has 0 aliphatic carbocycles. The van der Waals surface area contributed by atoms with Gasteiger partial charge in [-0.2, -0.15) is 0 Å². The van der Waals surface area contributed by atoms with Gasteiger partial charge < -0.3 is 10.3 Å². The van der Waals surface area contributed by atoms with Gasteiger partial charge in [-0.1, -0.05) is 62.5 Å². The van der Waals surface area contributed by atoms with Crippen molar-refractivity contribution in [2.24, 2.45) is 0 Å². The number of aromatic nitrogens is 1. The average molecular weight is 384 g/mol. The van der Waals surface area contributed by atoms with Crippen LogP contribution in [0, 0.1) is 0 Å². The van der Waals surface area contributed by atoms with Crippen molar-refractivity contribution in [3.05, 3.63) is 57.0 Å². The molecule has 2 aromatic carbocycles. The van der Waals surface area contributed by atoms with Crippen LogP contribution in [0.5, 0.6) is 0 Å². The molecule has 1 heterocycles. The predicted molar refractivity (Wildman–Crippen MR) is 89.5 cm³/mol. The Labute approximate surface area is 139 Å². The third-order valence-electron chi connectivity index (χ3n) is 2.99. The molecule has 21 heavy (non-hydrogen) atoms. The Kier molecular flexibility index (Phi) is 3.93. The normalized spacial score (nSPS) is 10.8. The van der Waals surface area contributed by atoms with Crippen molar-refractivity contribution in [1.29, 1.82) is 0 Å². The SMILES string of the molecule is Nc1noc(-c2cc(Cl)cc(Br)c2)c1-c1ccccc1Cl. The van der Waals surface area contributed by atoms with Gasteiger partial charge in [-0.15, -0.1) is 0 Å². The van der Waals surface area contributed by atoms with Crippen LogP contribution in [-0.2, 0) is 0 Å². The molecule has 3 rings (SSSR count). The molecule has 0 bridgehead atoms. The topological polar surface area (TPSA) is 52.0 Å². The average Bonchev–Trinajstić information content (AvgIpc) is 2.80. The largest absolute Gasteiger partial charge is 0.380 e. The number of anilines is 1. The number of nitrogens with two attached hydrogens (primary N) is 1. The van der Waals surface area contributed by atoms with E-state index in [0.717, 1.165) is 15.6 Å². The number of rotatable bonds is 2. The highest BCUT2D eigenvalue weighted by Crippen LogP contribution is 2.40. The van der Waals surface area contributed by atoms with Crippen LogP contribution in [0.1, 0.15) is 0 Å². The molecule has 2 N–H and O–H groups in total. The number of benzene rings is 2. The first-order chi connectivity index (χ1) is 10.1. The van der Waals surface area contributed by atoms with Gasteiger partial charge in [0, 0.05) is 25.6 Å². The summed E-state index contributed by atoms with van der Waals surface area (Å²) in [5.74, 6) is 0.818. The second-order valence-electron chi connectivity index (χ2n) is 4.41. The van der Waals surface area contributed by atoms with E-state index in [1.165, 1.54) is 0 Å². The van der Waals surface area contributed by atoms with Gasteiger partial charge >= 0.3 is 0 Å². The van der Waals surface area contributed by atoms with Crippen molar-refractivity contribution < 1.29 is 4.52 Å². The molecule has 0 amide bonds. The zero-order valence-electron chi connectivity index (χ0n) is 10.6. The van der Waals surface area contributed by atoms with Gasteiger partial charge in [-0.05, 0) is 24.3 Å². The molecule has 1 aromatic heterocycles. The molecule has 106 valence electrons. The molecule has 0 atom stereocenters. The molecule has 0 fully saturated rings. The summed E-state index contributed by atoms with van der Waals surface area (Å²) in [5, 5.41) is 5.02. The number of nitrogens with zero attached hydrogens (tertiary/aromatic N) is 1. The Balaban J connectivity index is 2.24. The van der Waals surface area contributed by atoms with E-state index in [0.29, 0.717) is 21.4 Å². The van der Waals surface area contributed by atoms with Crippen molar-refractivity contribution in [1.82, 2.24) is 5.16 Å². The molecule has 0 radical (unpaired) electrons. The van der Waals surface area contributed by atoms with E-state index in [9.17, 15) is 0 Å². The highest BCUT2D eigenvalue weighted by molar-refractivity contribution is 9.10. The summed E-state index contributed by atoms with van der Waals surface area (Å²) in [6.07, 6.45) is 0. The van der Waals surface area contributed by atoms with Crippen LogP contribution in [-0.4, -0.2) is 5.16 Å². The minimum atomic E-state index is 0.286. The van der Waals surface area contributed by atoms with Gasteiger partial charge in [0.25, 0.3) is 0 Å². The first-order valence-corrected chi connectivity index (χ1v) is 7.57. The number of hydrogen-bond donors (Lipinski definition) is 1. The zero-order chi connectivity index (χ0) is 15.0. The fourth-order valence-electron chi connectivity index (χ4n) is 2.11. The third-order valence-corrected chi connectivity index (χ3v) is 3.99. The number of halogens is 3. The lowest BCUT2D eigenvalue weighted by atomic mass is 10.0. The maximum Gasteiger partial charge on any atom is 0.177 e. The summed E-state index contributed by atoms with van der Waals surface area (Å²) in [7, 11) is 0. The number of nitrogen functional groups attached to an aromatic ring is 1. The van der Waals surface area contributed by atoms with Crippen LogP contribution >= 0.6 is 39.1 Å². The van der Waals surface area contributed by atoms with Gasteiger partial charge in [-0.3, -0.25) is 0 Å². The van der Waals surface area contributed by atoms with E-state index in [4.69, 9.17) is 33.5 Å². The fraction of sp³-hybridized carbons (Fsp3) is 0. The van der Waals surface area contributed by atoms with Crippen molar-refractivity contribution >= 4 is 44.9 Å². The fourth-order valence-corrected chi connectivity index (χ4v) is 3.20. The van der Waals surface area contributed by atoms with E-state index in [2.05, 4.69) is 21.1 Å². The Hall–Kier alpha value is -1.49. The Bertz CT molecular complexity index is 797. The maximum atomic E-state index is 6.25. The van der Waals surface area contributed by atoms with Crippen molar-refractivity contribution in [2.45, 2.75) is 0 Å². The summed E-state index contributed by atoms with van der Waals surface area (Å²) in [6.45, 7) is 0. The van der Waals surface area contributed by atoms with E-state index >= 15 is 0 Å². The van der Waals surface area contributed by atoms with Crippen LogP contribution in [0.3, 0.4) is 0 Å². The van der Waals surface area contributed by atoms with Crippen molar-refractivity contribution in [2.75, 3.05) is 5.73 Å². The Morgan fingerprint density at radius 3 is 2.57 bits per heavy atom. The summed E-state index contributed by atoms with van der Waals surface area (Å²) in [5.41, 5.74) is 8.15. The van der Waals surface area contributed by atoms with Crippen LogP contribution in [0.4, 0.5) is 5.82 Å². The second-order valence-corrected chi connectivity index (χ2v) is 6.17. The highest BCUT2D eigenvalue weighted by Gasteiger charge is 2.20. The monoisotopic (exact) mass is 382 g/mol. The molecule has 0 spiro atoms. The molecule has 3 nitrogen and oxygen atoms in total. The molecule has 6 heteroatoms. The standard InChI is InChI=1S/C15H9BrCl2N2O/c16-9-5-8(6-10(17)7-9)14-13(15(19)20-21-14)11-3-1-2-4-12(11)18/h1-7H,(H2,19,20). The second kappa shape index (κ2) is 5.72. The third kappa shape index (κ3) is 2.79.